The monoisotopic (exact) mass is 330 g/mol. The molecular formula is C9H12ClFN2O4S2-2. The van der Waals surface area contributed by atoms with Crippen molar-refractivity contribution in [3.8, 4) is 0 Å². The normalized spacial score (nSPS) is 13.6. The molecule has 19 heavy (non-hydrogen) atoms. The molecule has 110 valence electrons. The molecule has 0 bridgehead atoms. The summed E-state index contributed by atoms with van der Waals surface area (Å²) in [5.74, 6) is -0.399. The van der Waals surface area contributed by atoms with Crippen molar-refractivity contribution in [1.82, 2.24) is 4.31 Å². The Morgan fingerprint density at radius 2 is 1.95 bits per heavy atom. The topological polar surface area (TPSA) is 110 Å². The largest absolute Gasteiger partial charge is 0.760 e. The lowest BCUT2D eigenvalue weighted by Crippen LogP contribution is -2.23. The average molecular weight is 331 g/mol. The van der Waals surface area contributed by atoms with Gasteiger partial charge in [-0.25, -0.2) is 8.70 Å². The zero-order valence-electron chi connectivity index (χ0n) is 9.88. The minimum Gasteiger partial charge on any atom is -0.760 e. The second kappa shape index (κ2) is 9.48. The van der Waals surface area contributed by atoms with Crippen LogP contribution in [-0.2, 0) is 29.0 Å². The van der Waals surface area contributed by atoms with E-state index in [1.54, 1.807) is 6.07 Å². The number of likely N-dealkylation sites (N-methyl/N-ethyl adjacent to an activating group) is 1. The van der Waals surface area contributed by atoms with Gasteiger partial charge in [-0.15, -0.1) is 0 Å². The maximum absolute atomic E-state index is 12.7. The van der Waals surface area contributed by atoms with Crippen LogP contribution in [0.2, 0.25) is 5.02 Å². The lowest BCUT2D eigenvalue weighted by atomic mass is 10.1. The van der Waals surface area contributed by atoms with E-state index in [1.807, 2.05) is 0 Å². The molecule has 0 saturated heterocycles. The van der Waals surface area contributed by atoms with E-state index < -0.39 is 28.4 Å². The molecule has 0 aliphatic carbocycles. The van der Waals surface area contributed by atoms with E-state index >= 15 is 0 Å². The predicted octanol–water partition coefficient (Wildman–Crippen LogP) is 0.487. The van der Waals surface area contributed by atoms with Crippen LogP contribution in [0.3, 0.4) is 0 Å². The molecule has 0 aliphatic rings. The average Bonchev–Trinajstić information content (AvgIpc) is 2.26. The number of hydrogen-bond acceptors (Lipinski definition) is 4. The maximum atomic E-state index is 12.7. The molecule has 1 aromatic rings. The molecule has 0 amide bonds. The van der Waals surface area contributed by atoms with Gasteiger partial charge in [0.15, 0.2) is 0 Å². The third-order valence-electron chi connectivity index (χ3n) is 1.97. The molecule has 0 fully saturated rings. The van der Waals surface area contributed by atoms with Gasteiger partial charge in [-0.2, -0.15) is 0 Å². The van der Waals surface area contributed by atoms with Crippen LogP contribution in [-0.4, -0.2) is 35.4 Å². The van der Waals surface area contributed by atoms with E-state index in [4.69, 9.17) is 20.4 Å². The van der Waals surface area contributed by atoms with Crippen LogP contribution in [0.1, 0.15) is 5.56 Å². The first-order valence-corrected chi connectivity index (χ1v) is 7.37. The van der Waals surface area contributed by atoms with E-state index in [9.17, 15) is 13.2 Å². The molecule has 0 radical (unpaired) electrons. The molecule has 0 aliphatic heterocycles. The summed E-state index contributed by atoms with van der Waals surface area (Å²) in [4.78, 5) is 0. The fraction of sp³-hybridized carbons (Fsp3) is 0.333. The van der Waals surface area contributed by atoms with Gasteiger partial charge in [0, 0.05) is 34.1 Å². The molecule has 0 aromatic heterocycles. The van der Waals surface area contributed by atoms with Crippen molar-refractivity contribution in [2.75, 3.05) is 13.6 Å². The molecule has 0 saturated carbocycles. The van der Waals surface area contributed by atoms with Crippen LogP contribution in [0.25, 0.3) is 0 Å². The lowest BCUT2D eigenvalue weighted by Gasteiger charge is -2.18. The van der Waals surface area contributed by atoms with Gasteiger partial charge in [-0.05, 0) is 31.2 Å². The molecule has 2 N–H and O–H groups in total. The zero-order chi connectivity index (χ0) is 15.0. The van der Waals surface area contributed by atoms with Crippen molar-refractivity contribution in [3.05, 3.63) is 34.6 Å². The van der Waals surface area contributed by atoms with Crippen LogP contribution in [0.5, 0.6) is 0 Å². The minimum absolute atomic E-state index is 0.320. The first-order valence-electron chi connectivity index (χ1n) is 4.82. The molecule has 0 spiro atoms. The number of hydrogen-bond donors (Lipinski definition) is 1. The van der Waals surface area contributed by atoms with Crippen molar-refractivity contribution in [1.29, 1.82) is 0 Å². The van der Waals surface area contributed by atoms with E-state index in [-0.39, 0.29) is 0 Å². The summed E-state index contributed by atoms with van der Waals surface area (Å²) in [7, 11) is 1.46. The first-order chi connectivity index (χ1) is 8.73. The third-order valence-corrected chi connectivity index (χ3v) is 3.01. The van der Waals surface area contributed by atoms with Crippen LogP contribution < -0.4 is 5.14 Å². The van der Waals surface area contributed by atoms with Gasteiger partial charge in [-0.3, -0.25) is 13.6 Å². The van der Waals surface area contributed by atoms with E-state index in [2.05, 4.69) is 5.14 Å². The third kappa shape index (κ3) is 9.16. The summed E-state index contributed by atoms with van der Waals surface area (Å²) in [6, 6.07) is 4.07. The minimum atomic E-state index is -2.36. The van der Waals surface area contributed by atoms with Gasteiger partial charge >= 0.3 is 0 Å². The highest BCUT2D eigenvalue weighted by Crippen LogP contribution is 2.17. The van der Waals surface area contributed by atoms with Crippen molar-refractivity contribution in [2.24, 2.45) is 5.14 Å². The highest BCUT2D eigenvalue weighted by atomic mass is 35.5. The zero-order valence-corrected chi connectivity index (χ0v) is 12.3. The number of nitrogens with zero attached hydrogens (tertiary/aromatic N) is 1. The van der Waals surface area contributed by atoms with Crippen molar-refractivity contribution < 1.29 is 21.9 Å². The number of nitrogens with two attached hydrogens (primary N) is 1. The van der Waals surface area contributed by atoms with Gasteiger partial charge in [0.1, 0.15) is 5.82 Å². The predicted molar refractivity (Wildman–Crippen MR) is 69.8 cm³/mol. The Kier molecular flexibility index (Phi) is 9.27. The van der Waals surface area contributed by atoms with Crippen LogP contribution in [0.15, 0.2) is 18.2 Å². The summed E-state index contributed by atoms with van der Waals surface area (Å²) >= 11 is 1.19. The van der Waals surface area contributed by atoms with Gasteiger partial charge in [0.2, 0.25) is 0 Å². The summed E-state index contributed by atoms with van der Waals surface area (Å²) in [6.07, 6.45) is 0.462. The lowest BCUT2D eigenvalue weighted by molar-refractivity contribution is 0.435. The van der Waals surface area contributed by atoms with Gasteiger partial charge in [0.25, 0.3) is 0 Å². The molecule has 2 unspecified atom stereocenters. The van der Waals surface area contributed by atoms with E-state index in [0.29, 0.717) is 18.0 Å². The Balaban J connectivity index is 0.000000711. The summed E-state index contributed by atoms with van der Waals surface area (Å²) in [5.41, 5.74) is 0.732. The van der Waals surface area contributed by atoms with Crippen molar-refractivity contribution in [3.63, 3.8) is 0 Å². The van der Waals surface area contributed by atoms with Gasteiger partial charge in [-0.1, -0.05) is 17.7 Å². The summed E-state index contributed by atoms with van der Waals surface area (Å²) in [6.45, 7) is 0.321. The van der Waals surface area contributed by atoms with Crippen LogP contribution >= 0.6 is 11.6 Å². The summed E-state index contributed by atoms with van der Waals surface area (Å²) in [5, 5.41) is 4.35. The number of benzene rings is 1. The van der Waals surface area contributed by atoms with Crippen LogP contribution in [0, 0.1) is 5.82 Å². The molecule has 1 rings (SSSR count). The van der Waals surface area contributed by atoms with Gasteiger partial charge in [0.05, 0.1) is 0 Å². The fourth-order valence-electron chi connectivity index (χ4n) is 1.08. The molecule has 0 heterocycles. The molecule has 6 nitrogen and oxygen atoms in total. The molecule has 1 aromatic carbocycles. The smallest absolute Gasteiger partial charge is 0.124 e. The summed E-state index contributed by atoms with van der Waals surface area (Å²) < 4.78 is 52.4. The maximum Gasteiger partial charge on any atom is 0.124 e. The second-order valence-corrected chi connectivity index (χ2v) is 5.30. The first kappa shape index (κ1) is 18.6. The van der Waals surface area contributed by atoms with Crippen LogP contribution in [0.4, 0.5) is 4.39 Å². The SMILES string of the molecule is CN(CCc1ccc(F)cc1Cl)S(=O)[O-].NS(=O)[O-]. The van der Waals surface area contributed by atoms with E-state index in [1.165, 1.54) is 19.2 Å². The fourth-order valence-corrected chi connectivity index (χ4v) is 1.58. The molecule has 2 atom stereocenters. The second-order valence-electron chi connectivity index (χ2n) is 3.31. The van der Waals surface area contributed by atoms with Gasteiger partial charge < -0.3 is 9.11 Å². The Hall–Kier alpha value is -0.420. The highest BCUT2D eigenvalue weighted by Gasteiger charge is 2.04. The van der Waals surface area contributed by atoms with E-state index in [0.717, 1.165) is 9.87 Å². The van der Waals surface area contributed by atoms with Crippen molar-refractivity contribution >= 4 is 34.1 Å². The molecule has 10 heteroatoms. The quantitative estimate of drug-likeness (QED) is 0.810. The Labute approximate surface area is 120 Å². The Morgan fingerprint density at radius 3 is 2.37 bits per heavy atom. The Morgan fingerprint density at radius 1 is 1.42 bits per heavy atom. The standard InChI is InChI=1S/C9H11ClFNO2S.H3NO2S/c1-12(15(13)14)5-4-7-2-3-8(11)6-9(7)10;1-4(2)3/h2-3,6H,4-5H2,1H3,(H,13,14);1H2,(H,2,3)/p-2. The van der Waals surface area contributed by atoms with Crippen molar-refractivity contribution in [2.45, 2.75) is 6.42 Å². The number of rotatable bonds is 4. The Bertz CT molecular complexity index is 460. The number of halogens is 2. The highest BCUT2D eigenvalue weighted by molar-refractivity contribution is 7.76. The molecular weight excluding hydrogens is 319 g/mol.